The second-order valence-electron chi connectivity index (χ2n) is 7.83. The van der Waals surface area contributed by atoms with Gasteiger partial charge in [-0.1, -0.05) is 55.3 Å². The third-order valence-corrected chi connectivity index (χ3v) is 5.86. The zero-order chi connectivity index (χ0) is 19.8. The molecular weight excluding hydrogens is 362 g/mol. The summed E-state index contributed by atoms with van der Waals surface area (Å²) in [4.78, 5) is 21.6. The fraction of sp³-hybridized carbons (Fsp3) is 0.250. The Morgan fingerprint density at radius 2 is 1.76 bits per heavy atom. The van der Waals surface area contributed by atoms with Crippen LogP contribution in [0.5, 0.6) is 5.75 Å². The molecule has 1 saturated carbocycles. The predicted octanol–water partition coefficient (Wildman–Crippen LogP) is 4.62. The molecule has 146 valence electrons. The van der Waals surface area contributed by atoms with E-state index in [1.54, 1.807) is 16.7 Å². The summed E-state index contributed by atoms with van der Waals surface area (Å²) >= 11 is 0. The summed E-state index contributed by atoms with van der Waals surface area (Å²) in [5.74, 6) is 1.37. The number of H-pyrrole nitrogens is 1. The number of hydrogen-bond donors (Lipinski definition) is 2. The first-order valence-electron chi connectivity index (χ1n) is 10.2. The van der Waals surface area contributed by atoms with Crippen molar-refractivity contribution in [3.63, 3.8) is 0 Å². The molecule has 1 fully saturated rings. The third-order valence-electron chi connectivity index (χ3n) is 5.86. The van der Waals surface area contributed by atoms with Gasteiger partial charge in [0, 0.05) is 18.5 Å². The second-order valence-corrected chi connectivity index (χ2v) is 7.83. The number of aromatic hydroxyl groups is 1. The molecule has 5 heteroatoms. The summed E-state index contributed by atoms with van der Waals surface area (Å²) < 4.78 is 1.71. The van der Waals surface area contributed by atoms with Gasteiger partial charge in [0.2, 0.25) is 0 Å². The van der Waals surface area contributed by atoms with Crippen LogP contribution in [0, 0.1) is 0 Å². The van der Waals surface area contributed by atoms with E-state index in [9.17, 15) is 9.90 Å². The van der Waals surface area contributed by atoms with Gasteiger partial charge in [-0.15, -0.1) is 0 Å². The Hall–Kier alpha value is -3.34. The Kier molecular flexibility index (Phi) is 4.43. The first-order valence-corrected chi connectivity index (χ1v) is 10.2. The van der Waals surface area contributed by atoms with E-state index >= 15 is 0 Å². The summed E-state index contributed by atoms with van der Waals surface area (Å²) in [6, 6.07) is 17.0. The average Bonchev–Trinajstić information content (AvgIpc) is 3.39. The van der Waals surface area contributed by atoms with Gasteiger partial charge < -0.3 is 10.1 Å². The number of imidazole rings is 1. The molecule has 2 aliphatic heterocycles. The molecule has 0 saturated heterocycles. The van der Waals surface area contributed by atoms with E-state index in [2.05, 4.69) is 17.1 Å². The van der Waals surface area contributed by atoms with Crippen LogP contribution >= 0.6 is 0 Å². The molecule has 2 aromatic rings. The summed E-state index contributed by atoms with van der Waals surface area (Å²) in [7, 11) is 0. The van der Waals surface area contributed by atoms with Crippen molar-refractivity contribution in [2.24, 2.45) is 0 Å². The van der Waals surface area contributed by atoms with Gasteiger partial charge in [-0.25, -0.2) is 4.98 Å². The van der Waals surface area contributed by atoms with Crippen LogP contribution in [-0.2, 0) is 6.42 Å². The van der Waals surface area contributed by atoms with E-state index in [4.69, 9.17) is 4.98 Å². The number of phenolic OH excluding ortho intramolecular Hbond substituents is 1. The SMILES string of the molecule is O=c1c(Cc2ccc(O)cc2)nc2c(C3CCCC3)[nH]c(-c3ccccc3)cn1-2. The molecule has 1 aliphatic carbocycles. The molecule has 0 spiro atoms. The standard InChI is InChI=1S/C24H23N3O2/c28-19-12-10-16(11-13-19)14-20-24(29)27-15-21(17-6-2-1-3-7-17)25-22(23(27)26-20)18-8-4-5-9-18/h1-3,6-7,10-13,15,18,25,28H,4-5,8-9,14H2. The molecule has 29 heavy (non-hydrogen) atoms. The highest BCUT2D eigenvalue weighted by molar-refractivity contribution is 5.60. The van der Waals surface area contributed by atoms with E-state index in [1.807, 2.05) is 36.5 Å². The van der Waals surface area contributed by atoms with E-state index in [1.165, 1.54) is 12.8 Å². The molecule has 2 aromatic carbocycles. The number of hydrogen-bond acceptors (Lipinski definition) is 3. The van der Waals surface area contributed by atoms with Gasteiger partial charge in [-0.3, -0.25) is 9.36 Å². The van der Waals surface area contributed by atoms with Crippen LogP contribution in [0.3, 0.4) is 0 Å². The quantitative estimate of drug-likeness (QED) is 0.538. The molecule has 0 bridgehead atoms. The van der Waals surface area contributed by atoms with Crippen LogP contribution in [0.1, 0.15) is 48.6 Å². The first kappa shape index (κ1) is 17.7. The highest BCUT2D eigenvalue weighted by Gasteiger charge is 2.27. The Bertz CT molecular complexity index is 1150. The van der Waals surface area contributed by atoms with Crippen molar-refractivity contribution in [2.75, 3.05) is 0 Å². The monoisotopic (exact) mass is 385 g/mol. The van der Waals surface area contributed by atoms with Crippen LogP contribution in [0.2, 0.25) is 0 Å². The van der Waals surface area contributed by atoms with Crippen molar-refractivity contribution in [3.8, 4) is 22.8 Å². The van der Waals surface area contributed by atoms with Crippen LogP contribution in [0.15, 0.2) is 65.6 Å². The largest absolute Gasteiger partial charge is 0.508 e. The van der Waals surface area contributed by atoms with E-state index in [-0.39, 0.29) is 11.3 Å². The molecule has 0 aromatic heterocycles. The maximum atomic E-state index is 13.2. The van der Waals surface area contributed by atoms with Crippen LogP contribution in [0.4, 0.5) is 0 Å². The van der Waals surface area contributed by atoms with Crippen molar-refractivity contribution in [2.45, 2.75) is 38.0 Å². The molecule has 0 radical (unpaired) electrons. The lowest BCUT2D eigenvalue weighted by molar-refractivity contribution is 0.475. The minimum Gasteiger partial charge on any atom is -0.508 e. The van der Waals surface area contributed by atoms with E-state index < -0.39 is 0 Å². The average molecular weight is 385 g/mol. The molecule has 3 aliphatic rings. The highest BCUT2D eigenvalue weighted by Crippen LogP contribution is 2.37. The summed E-state index contributed by atoms with van der Waals surface area (Å²) in [6.45, 7) is 0. The van der Waals surface area contributed by atoms with Gasteiger partial charge in [-0.2, -0.15) is 0 Å². The van der Waals surface area contributed by atoms with E-state index in [0.717, 1.165) is 41.2 Å². The lowest BCUT2D eigenvalue weighted by Gasteiger charge is -2.17. The number of nitrogens with one attached hydrogen (secondary N) is 1. The maximum Gasteiger partial charge on any atom is 0.278 e. The second kappa shape index (κ2) is 7.24. The minimum absolute atomic E-state index is 0.0708. The van der Waals surface area contributed by atoms with Gasteiger partial charge in [-0.05, 0) is 36.1 Å². The van der Waals surface area contributed by atoms with Crippen LogP contribution in [-0.4, -0.2) is 19.6 Å². The minimum atomic E-state index is -0.0708. The molecular formula is C24H23N3O2. The number of rotatable bonds is 4. The topological polar surface area (TPSA) is 70.9 Å². The predicted molar refractivity (Wildman–Crippen MR) is 113 cm³/mol. The number of fused-ring (bicyclic) bond motifs is 1. The molecule has 2 heterocycles. The fourth-order valence-corrected chi connectivity index (χ4v) is 4.32. The van der Waals surface area contributed by atoms with Gasteiger partial charge in [0.1, 0.15) is 11.4 Å². The molecule has 0 unspecified atom stereocenters. The molecule has 2 N–H and O–H groups in total. The zero-order valence-electron chi connectivity index (χ0n) is 16.1. The van der Waals surface area contributed by atoms with Crippen molar-refractivity contribution < 1.29 is 5.11 Å². The van der Waals surface area contributed by atoms with E-state index in [0.29, 0.717) is 18.0 Å². The van der Waals surface area contributed by atoms with Gasteiger partial charge in [0.25, 0.3) is 5.56 Å². The Morgan fingerprint density at radius 1 is 1.03 bits per heavy atom. The van der Waals surface area contributed by atoms with Gasteiger partial charge >= 0.3 is 0 Å². The summed E-state index contributed by atoms with van der Waals surface area (Å²) in [6.07, 6.45) is 7.00. The normalized spacial score (nSPS) is 14.6. The number of aromatic nitrogens is 3. The van der Waals surface area contributed by atoms with Gasteiger partial charge in [0.15, 0.2) is 5.82 Å². The maximum absolute atomic E-state index is 13.2. The van der Waals surface area contributed by atoms with Crippen molar-refractivity contribution in [1.82, 2.24) is 14.5 Å². The third kappa shape index (κ3) is 3.33. The zero-order valence-corrected chi connectivity index (χ0v) is 16.1. The molecule has 0 atom stereocenters. The Morgan fingerprint density at radius 3 is 2.48 bits per heavy atom. The van der Waals surface area contributed by atoms with Crippen molar-refractivity contribution in [3.05, 3.63) is 88.1 Å². The van der Waals surface area contributed by atoms with Crippen molar-refractivity contribution in [1.29, 1.82) is 0 Å². The Labute approximate surface area is 169 Å². The van der Waals surface area contributed by atoms with Crippen molar-refractivity contribution >= 4 is 0 Å². The number of phenols is 1. The molecule has 0 amide bonds. The lowest BCUT2D eigenvalue weighted by atomic mass is 10.0. The fourth-order valence-electron chi connectivity index (χ4n) is 4.32. The first-order chi connectivity index (χ1) is 14.2. The van der Waals surface area contributed by atoms with Crippen LogP contribution in [0.25, 0.3) is 17.1 Å². The van der Waals surface area contributed by atoms with Gasteiger partial charge in [0.05, 0.1) is 11.4 Å². The smallest absolute Gasteiger partial charge is 0.278 e. The number of benzene rings is 2. The molecule has 5 rings (SSSR count). The summed E-state index contributed by atoms with van der Waals surface area (Å²) in [5, 5.41) is 9.50. The number of nitrogens with zero attached hydrogens (tertiary/aromatic N) is 2. The number of aromatic amines is 1. The van der Waals surface area contributed by atoms with Crippen LogP contribution < -0.4 is 5.56 Å². The molecule has 5 nitrogen and oxygen atoms in total. The highest BCUT2D eigenvalue weighted by atomic mass is 16.3. The Balaban J connectivity index is 1.64. The summed E-state index contributed by atoms with van der Waals surface area (Å²) in [5.41, 5.74) is 4.48. The lowest BCUT2D eigenvalue weighted by Crippen LogP contribution is -2.18.